The number of rotatable bonds is 10. The van der Waals surface area contributed by atoms with Crippen LogP contribution in [0.25, 0.3) is 0 Å². The number of ketones is 1. The van der Waals surface area contributed by atoms with Gasteiger partial charge >= 0.3 is 0 Å². The Hall–Kier alpha value is -3.43. The maximum absolute atomic E-state index is 13.7. The minimum absolute atomic E-state index is 0.0507. The molecule has 0 radical (unpaired) electrons. The van der Waals surface area contributed by atoms with Gasteiger partial charge in [-0.1, -0.05) is 27.2 Å². The van der Waals surface area contributed by atoms with Gasteiger partial charge in [0.2, 0.25) is 17.7 Å². The summed E-state index contributed by atoms with van der Waals surface area (Å²) < 4.78 is 0. The largest absolute Gasteiger partial charge is 0.399 e. The molecule has 2 aliphatic rings. The predicted octanol–water partition coefficient (Wildman–Crippen LogP) is 1.35. The number of nitrogens with one attached hydrogen (secondary N) is 2. The fraction of sp³-hybridized carbons (Fsp3) is 0.593. The van der Waals surface area contributed by atoms with Crippen LogP contribution in [0.1, 0.15) is 63.7 Å². The summed E-state index contributed by atoms with van der Waals surface area (Å²) in [5, 5.41) is 5.57. The highest BCUT2D eigenvalue weighted by atomic mass is 16.2. The number of nitrogens with zero attached hydrogens (tertiary/aromatic N) is 2. The first kappa shape index (κ1) is 28.1. The normalized spacial score (nSPS) is 20.5. The maximum atomic E-state index is 13.7. The highest BCUT2D eigenvalue weighted by Gasteiger charge is 2.52. The summed E-state index contributed by atoms with van der Waals surface area (Å²) in [6, 6.07) is 4.54. The van der Waals surface area contributed by atoms with E-state index < -0.39 is 24.0 Å². The highest BCUT2D eigenvalue weighted by molar-refractivity contribution is 6.01. The highest BCUT2D eigenvalue weighted by Crippen LogP contribution is 2.32. The lowest BCUT2D eigenvalue weighted by molar-refractivity contribution is -0.138. The molecule has 0 spiro atoms. The average Bonchev–Trinajstić information content (AvgIpc) is 3.41. The van der Waals surface area contributed by atoms with Crippen molar-refractivity contribution in [1.29, 1.82) is 0 Å². The lowest BCUT2D eigenvalue weighted by atomic mass is 10.0. The summed E-state index contributed by atoms with van der Waals surface area (Å²) in [7, 11) is 0. The quantitative estimate of drug-likeness (QED) is 0.403. The molecule has 0 aliphatic carbocycles. The van der Waals surface area contributed by atoms with Crippen LogP contribution in [0.2, 0.25) is 0 Å². The molecule has 4 unspecified atom stereocenters. The molecule has 2 saturated heterocycles. The van der Waals surface area contributed by atoms with E-state index in [0.717, 1.165) is 6.42 Å². The van der Waals surface area contributed by atoms with Crippen molar-refractivity contribution >= 4 is 35.1 Å². The summed E-state index contributed by atoms with van der Waals surface area (Å²) in [4.78, 5) is 67.5. The summed E-state index contributed by atoms with van der Waals surface area (Å²) in [5.74, 6) is -1.54. The fourth-order valence-corrected chi connectivity index (χ4v) is 5.29. The van der Waals surface area contributed by atoms with Crippen molar-refractivity contribution in [2.24, 2.45) is 11.8 Å². The first-order chi connectivity index (χ1) is 17.5. The molecule has 0 bridgehead atoms. The molecule has 1 aromatic rings. The van der Waals surface area contributed by atoms with Crippen LogP contribution in [0.3, 0.4) is 0 Å². The molecule has 0 saturated carbocycles. The second-order valence-corrected chi connectivity index (χ2v) is 10.5. The molecular weight excluding hydrogens is 474 g/mol. The molecule has 1 aromatic carbocycles. The SMILES string of the molecule is CCCC(CNC(C)=O)C(=O)N1CC(=O)C2C1CCN2C(=O)C(CC(C)C)NC(=O)c1ccc(N)cc1. The molecule has 4 amide bonds. The Morgan fingerprint density at radius 2 is 1.76 bits per heavy atom. The van der Waals surface area contributed by atoms with E-state index in [0.29, 0.717) is 37.1 Å². The van der Waals surface area contributed by atoms with Gasteiger partial charge in [0.1, 0.15) is 12.1 Å². The predicted molar refractivity (Wildman–Crippen MR) is 139 cm³/mol. The Balaban J connectivity index is 1.75. The summed E-state index contributed by atoms with van der Waals surface area (Å²) in [5.41, 5.74) is 6.64. The molecule has 2 heterocycles. The van der Waals surface area contributed by atoms with Crippen molar-refractivity contribution in [3.8, 4) is 0 Å². The topological polar surface area (TPSA) is 142 Å². The zero-order valence-electron chi connectivity index (χ0n) is 22.2. The van der Waals surface area contributed by atoms with E-state index in [2.05, 4.69) is 10.6 Å². The second-order valence-electron chi connectivity index (χ2n) is 10.5. The number of anilines is 1. The summed E-state index contributed by atoms with van der Waals surface area (Å²) >= 11 is 0. The van der Waals surface area contributed by atoms with Crippen LogP contribution in [0.5, 0.6) is 0 Å². The Bertz CT molecular complexity index is 1020. The van der Waals surface area contributed by atoms with Crippen LogP contribution in [0.15, 0.2) is 24.3 Å². The smallest absolute Gasteiger partial charge is 0.251 e. The molecule has 2 fully saturated rings. The molecule has 37 heavy (non-hydrogen) atoms. The van der Waals surface area contributed by atoms with E-state index in [1.807, 2.05) is 20.8 Å². The minimum atomic E-state index is -0.797. The monoisotopic (exact) mass is 513 g/mol. The van der Waals surface area contributed by atoms with Crippen LogP contribution >= 0.6 is 0 Å². The Kier molecular flexibility index (Phi) is 9.29. The summed E-state index contributed by atoms with van der Waals surface area (Å²) in [6.07, 6.45) is 2.27. The van der Waals surface area contributed by atoms with E-state index in [9.17, 15) is 24.0 Å². The van der Waals surface area contributed by atoms with E-state index in [-0.39, 0.29) is 48.4 Å². The molecule has 10 nitrogen and oxygen atoms in total. The Morgan fingerprint density at radius 1 is 1.08 bits per heavy atom. The van der Waals surface area contributed by atoms with Crippen molar-refractivity contribution in [1.82, 2.24) is 20.4 Å². The zero-order chi connectivity index (χ0) is 27.3. The van der Waals surface area contributed by atoms with Crippen LogP contribution in [-0.2, 0) is 19.2 Å². The van der Waals surface area contributed by atoms with Gasteiger partial charge in [0.15, 0.2) is 5.78 Å². The van der Waals surface area contributed by atoms with Gasteiger partial charge in [0.05, 0.1) is 18.5 Å². The Labute approximate surface area is 218 Å². The van der Waals surface area contributed by atoms with Crippen LogP contribution in [-0.4, -0.2) is 77.0 Å². The van der Waals surface area contributed by atoms with Gasteiger partial charge in [-0.15, -0.1) is 0 Å². The summed E-state index contributed by atoms with van der Waals surface area (Å²) in [6.45, 7) is 7.81. The molecule has 0 aromatic heterocycles. The van der Waals surface area contributed by atoms with E-state index in [4.69, 9.17) is 5.73 Å². The standard InChI is InChI=1S/C27H39N5O5/c1-5-6-19(14-29-17(4)33)26(36)32-15-23(34)24-22(32)11-12-31(24)27(37)21(13-16(2)3)30-25(35)18-7-9-20(28)10-8-18/h7-10,16,19,21-22,24H,5-6,11-15,28H2,1-4H3,(H,29,33)(H,30,35). The van der Waals surface area contributed by atoms with Crippen LogP contribution in [0.4, 0.5) is 5.69 Å². The number of amides is 4. The van der Waals surface area contributed by atoms with Crippen LogP contribution < -0.4 is 16.4 Å². The number of Topliss-reactive ketones (excluding diaryl/α,β-unsaturated/α-hetero) is 1. The van der Waals surface area contributed by atoms with Gasteiger partial charge < -0.3 is 26.2 Å². The van der Waals surface area contributed by atoms with Crippen molar-refractivity contribution < 1.29 is 24.0 Å². The third-order valence-corrected chi connectivity index (χ3v) is 7.06. The number of nitrogen functional groups attached to an aromatic ring is 1. The number of fused-ring (bicyclic) bond motifs is 1. The number of nitrogens with two attached hydrogens (primary N) is 1. The van der Waals surface area contributed by atoms with Crippen molar-refractivity contribution in [2.75, 3.05) is 25.4 Å². The van der Waals surface area contributed by atoms with Gasteiger partial charge in [-0.3, -0.25) is 24.0 Å². The third kappa shape index (κ3) is 6.67. The van der Waals surface area contributed by atoms with Crippen molar-refractivity contribution in [2.45, 2.75) is 71.5 Å². The van der Waals surface area contributed by atoms with Crippen molar-refractivity contribution in [3.05, 3.63) is 29.8 Å². The zero-order valence-corrected chi connectivity index (χ0v) is 22.2. The van der Waals surface area contributed by atoms with Gasteiger partial charge in [-0.25, -0.2) is 0 Å². The first-order valence-electron chi connectivity index (χ1n) is 13.1. The number of carbonyl (C=O) groups is 5. The number of hydrogen-bond acceptors (Lipinski definition) is 6. The Morgan fingerprint density at radius 3 is 2.35 bits per heavy atom. The number of likely N-dealkylation sites (tertiary alicyclic amines) is 2. The van der Waals surface area contributed by atoms with Gasteiger partial charge in [0.25, 0.3) is 5.91 Å². The molecule has 4 atom stereocenters. The molecule has 3 rings (SSSR count). The lowest BCUT2D eigenvalue weighted by Crippen LogP contribution is -2.53. The minimum Gasteiger partial charge on any atom is -0.399 e. The van der Waals surface area contributed by atoms with E-state index >= 15 is 0 Å². The van der Waals surface area contributed by atoms with Gasteiger partial charge in [0, 0.05) is 31.3 Å². The molecule has 4 N–H and O–H groups in total. The fourth-order valence-electron chi connectivity index (χ4n) is 5.29. The molecular formula is C27H39N5O5. The second kappa shape index (κ2) is 12.2. The first-order valence-corrected chi connectivity index (χ1v) is 13.1. The molecule has 10 heteroatoms. The van der Waals surface area contributed by atoms with Gasteiger partial charge in [-0.05, 0) is 49.4 Å². The number of benzene rings is 1. The number of hydrogen-bond donors (Lipinski definition) is 3. The van der Waals surface area contributed by atoms with Crippen molar-refractivity contribution in [3.63, 3.8) is 0 Å². The third-order valence-electron chi connectivity index (χ3n) is 7.06. The molecule has 202 valence electrons. The van der Waals surface area contributed by atoms with E-state index in [1.54, 1.807) is 34.1 Å². The molecule has 2 aliphatic heterocycles. The maximum Gasteiger partial charge on any atom is 0.251 e. The average molecular weight is 514 g/mol. The lowest BCUT2D eigenvalue weighted by Gasteiger charge is -2.30. The van der Waals surface area contributed by atoms with E-state index in [1.165, 1.54) is 6.92 Å². The number of carbonyl (C=O) groups excluding carboxylic acids is 5. The van der Waals surface area contributed by atoms with Gasteiger partial charge in [-0.2, -0.15) is 0 Å². The van der Waals surface area contributed by atoms with Crippen LogP contribution in [0, 0.1) is 11.8 Å².